The molecule has 1 aromatic heterocycles. The van der Waals surface area contributed by atoms with Crippen LogP contribution in [0.1, 0.15) is 21.7 Å². The third-order valence-corrected chi connectivity index (χ3v) is 4.64. The molecular weight excluding hydrogens is 483 g/mol. The molecule has 0 saturated carbocycles. The smallest absolute Gasteiger partial charge is 0.261 e. The van der Waals surface area contributed by atoms with Crippen molar-refractivity contribution in [2.24, 2.45) is 4.99 Å². The third-order valence-electron chi connectivity index (χ3n) is 3.52. The van der Waals surface area contributed by atoms with E-state index in [4.69, 9.17) is 11.6 Å². The fourth-order valence-electron chi connectivity index (χ4n) is 2.19. The lowest BCUT2D eigenvalue weighted by molar-refractivity contribution is 0.0957. The maximum absolute atomic E-state index is 11.8. The molecule has 0 aliphatic rings. The van der Waals surface area contributed by atoms with Gasteiger partial charge in [-0.2, -0.15) is 0 Å². The molecule has 0 atom stereocenters. The molecule has 2 aromatic rings. The van der Waals surface area contributed by atoms with Crippen molar-refractivity contribution in [1.82, 2.24) is 16.0 Å². The van der Waals surface area contributed by atoms with Crippen LogP contribution >= 0.6 is 46.9 Å². The van der Waals surface area contributed by atoms with Crippen LogP contribution in [-0.2, 0) is 6.42 Å². The number of thiophene rings is 1. The Morgan fingerprint density at radius 1 is 1.08 bits per heavy atom. The quantitative estimate of drug-likeness (QED) is 0.222. The third kappa shape index (κ3) is 8.37. The summed E-state index contributed by atoms with van der Waals surface area (Å²) >= 11 is 7.33. The van der Waals surface area contributed by atoms with Crippen LogP contribution in [0.2, 0.25) is 5.02 Å². The van der Waals surface area contributed by atoms with Gasteiger partial charge in [0.05, 0.1) is 4.88 Å². The molecule has 3 N–H and O–H groups in total. The predicted molar refractivity (Wildman–Crippen MR) is 121 cm³/mol. The zero-order valence-corrected chi connectivity index (χ0v) is 18.5. The summed E-state index contributed by atoms with van der Waals surface area (Å²) in [5.41, 5.74) is 1.23. The fraction of sp³-hybridized carbons (Fsp3) is 0.333. The van der Waals surface area contributed by atoms with Gasteiger partial charge in [0.15, 0.2) is 5.96 Å². The second-order valence-electron chi connectivity index (χ2n) is 5.39. The Balaban J connectivity index is 0.00000338. The number of hydrogen-bond donors (Lipinski definition) is 3. The zero-order chi connectivity index (χ0) is 17.9. The summed E-state index contributed by atoms with van der Waals surface area (Å²) in [7, 11) is 1.75. The molecule has 26 heavy (non-hydrogen) atoms. The molecule has 0 spiro atoms. The molecule has 0 saturated heterocycles. The predicted octanol–water partition coefficient (Wildman–Crippen LogP) is 3.55. The maximum Gasteiger partial charge on any atom is 0.261 e. The minimum Gasteiger partial charge on any atom is -0.356 e. The lowest BCUT2D eigenvalue weighted by atomic mass is 10.1. The van der Waals surface area contributed by atoms with Crippen molar-refractivity contribution >= 4 is 58.8 Å². The van der Waals surface area contributed by atoms with E-state index in [9.17, 15) is 4.79 Å². The van der Waals surface area contributed by atoms with Gasteiger partial charge in [0.25, 0.3) is 5.91 Å². The summed E-state index contributed by atoms with van der Waals surface area (Å²) in [4.78, 5) is 16.7. The highest BCUT2D eigenvalue weighted by molar-refractivity contribution is 14.0. The van der Waals surface area contributed by atoms with E-state index in [1.54, 1.807) is 7.05 Å². The Kier molecular flexibility index (Phi) is 11.3. The van der Waals surface area contributed by atoms with Gasteiger partial charge in [0.2, 0.25) is 0 Å². The van der Waals surface area contributed by atoms with E-state index >= 15 is 0 Å². The van der Waals surface area contributed by atoms with Gasteiger partial charge in [-0.15, -0.1) is 35.3 Å². The summed E-state index contributed by atoms with van der Waals surface area (Å²) < 4.78 is 0. The van der Waals surface area contributed by atoms with Crippen molar-refractivity contribution < 1.29 is 4.79 Å². The van der Waals surface area contributed by atoms with Crippen LogP contribution in [0, 0.1) is 0 Å². The number of rotatable bonds is 8. The van der Waals surface area contributed by atoms with Gasteiger partial charge in [-0.05, 0) is 42.0 Å². The number of nitrogens with one attached hydrogen (secondary N) is 3. The second kappa shape index (κ2) is 12.9. The van der Waals surface area contributed by atoms with E-state index in [0.29, 0.717) is 6.54 Å². The van der Waals surface area contributed by atoms with E-state index in [1.165, 1.54) is 16.9 Å². The first-order valence-electron chi connectivity index (χ1n) is 8.19. The number of nitrogens with zero attached hydrogens (tertiary/aromatic N) is 1. The molecule has 0 radical (unpaired) electrons. The fourth-order valence-corrected chi connectivity index (χ4v) is 2.95. The van der Waals surface area contributed by atoms with Gasteiger partial charge in [-0.1, -0.05) is 29.8 Å². The molecular formula is C18H24ClIN4OS. The molecule has 8 heteroatoms. The summed E-state index contributed by atoms with van der Waals surface area (Å²) in [6.45, 7) is 2.16. The van der Waals surface area contributed by atoms with Gasteiger partial charge >= 0.3 is 0 Å². The summed E-state index contributed by atoms with van der Waals surface area (Å²) in [5, 5.41) is 12.1. The van der Waals surface area contributed by atoms with E-state index in [-0.39, 0.29) is 29.9 Å². The van der Waals surface area contributed by atoms with Crippen molar-refractivity contribution in [2.75, 3.05) is 26.7 Å². The lowest BCUT2D eigenvalue weighted by Gasteiger charge is -2.12. The monoisotopic (exact) mass is 506 g/mol. The van der Waals surface area contributed by atoms with Crippen molar-refractivity contribution in [3.05, 3.63) is 57.2 Å². The van der Waals surface area contributed by atoms with E-state index in [2.05, 4.69) is 20.9 Å². The molecule has 1 amide bonds. The van der Waals surface area contributed by atoms with Crippen LogP contribution in [0.25, 0.3) is 0 Å². The topological polar surface area (TPSA) is 65.5 Å². The highest BCUT2D eigenvalue weighted by atomic mass is 127. The zero-order valence-electron chi connectivity index (χ0n) is 14.6. The molecule has 0 fully saturated rings. The number of hydrogen-bond acceptors (Lipinski definition) is 3. The normalized spacial score (nSPS) is 10.8. The molecule has 0 bridgehead atoms. The number of halogens is 2. The van der Waals surface area contributed by atoms with Crippen molar-refractivity contribution in [3.8, 4) is 0 Å². The molecule has 0 aliphatic carbocycles. The van der Waals surface area contributed by atoms with Gasteiger partial charge in [-0.25, -0.2) is 0 Å². The number of carbonyl (C=O) groups is 1. The van der Waals surface area contributed by atoms with Crippen molar-refractivity contribution in [2.45, 2.75) is 12.8 Å². The maximum atomic E-state index is 11.8. The average Bonchev–Trinajstić information content (AvgIpc) is 3.16. The molecule has 1 aromatic carbocycles. The van der Waals surface area contributed by atoms with Crippen molar-refractivity contribution in [3.63, 3.8) is 0 Å². The first kappa shape index (κ1) is 22.7. The summed E-state index contributed by atoms with van der Waals surface area (Å²) in [6.07, 6.45) is 1.73. The average molecular weight is 507 g/mol. The highest BCUT2D eigenvalue weighted by Gasteiger charge is 2.04. The Labute approximate surface area is 180 Å². The Hall–Kier alpha value is -1.32. The number of aliphatic imine (C=N–C) groups is 1. The molecule has 5 nitrogen and oxygen atoms in total. The van der Waals surface area contributed by atoms with E-state index < -0.39 is 0 Å². The minimum atomic E-state index is -0.0135. The summed E-state index contributed by atoms with van der Waals surface area (Å²) in [6, 6.07) is 11.5. The molecule has 0 unspecified atom stereocenters. The Bertz CT molecular complexity index is 677. The Morgan fingerprint density at radius 2 is 1.77 bits per heavy atom. The Morgan fingerprint density at radius 3 is 2.42 bits per heavy atom. The number of benzene rings is 1. The van der Waals surface area contributed by atoms with Gasteiger partial charge in [-0.3, -0.25) is 9.79 Å². The first-order valence-corrected chi connectivity index (χ1v) is 9.45. The lowest BCUT2D eigenvalue weighted by Crippen LogP contribution is -2.39. The van der Waals surface area contributed by atoms with Crippen LogP contribution in [0.3, 0.4) is 0 Å². The molecule has 142 valence electrons. The van der Waals surface area contributed by atoms with E-state index in [0.717, 1.165) is 41.8 Å². The minimum absolute atomic E-state index is 0. The number of guanidine groups is 1. The van der Waals surface area contributed by atoms with Gasteiger partial charge in [0.1, 0.15) is 0 Å². The van der Waals surface area contributed by atoms with Gasteiger partial charge in [0, 0.05) is 31.7 Å². The molecule has 0 aliphatic heterocycles. The van der Waals surface area contributed by atoms with Crippen LogP contribution in [0.15, 0.2) is 46.8 Å². The van der Waals surface area contributed by atoms with Crippen LogP contribution < -0.4 is 16.0 Å². The molecule has 2 rings (SSSR count). The molecule has 1 heterocycles. The SMILES string of the molecule is CN=C(NCCCNC(=O)c1cccs1)NCCc1ccc(Cl)cc1.I. The first-order chi connectivity index (χ1) is 12.2. The summed E-state index contributed by atoms with van der Waals surface area (Å²) in [5.74, 6) is 0.749. The van der Waals surface area contributed by atoms with Crippen LogP contribution in [0.5, 0.6) is 0 Å². The standard InChI is InChI=1S/C18H23ClN4OS.HI/c1-20-18(23-12-9-14-5-7-15(19)8-6-14)22-11-3-10-21-17(24)16-4-2-13-25-16;/h2,4-8,13H,3,9-12H2,1H3,(H,21,24)(H2,20,22,23);1H. The van der Waals surface area contributed by atoms with Gasteiger partial charge < -0.3 is 16.0 Å². The van der Waals surface area contributed by atoms with Crippen molar-refractivity contribution in [1.29, 1.82) is 0 Å². The van der Waals surface area contributed by atoms with Crippen LogP contribution in [-0.4, -0.2) is 38.5 Å². The second-order valence-corrected chi connectivity index (χ2v) is 6.77. The van der Waals surface area contributed by atoms with Crippen LogP contribution in [0.4, 0.5) is 0 Å². The van der Waals surface area contributed by atoms with E-state index in [1.807, 2.05) is 41.8 Å². The number of amides is 1. The largest absolute Gasteiger partial charge is 0.356 e. The highest BCUT2D eigenvalue weighted by Crippen LogP contribution is 2.09. The number of carbonyl (C=O) groups excluding carboxylic acids is 1.